The molecule has 4 saturated carbocycles. The number of hydrogen-bond donors (Lipinski definition) is 1. The molecule has 4 bridgehead atoms. The van der Waals surface area contributed by atoms with E-state index in [1.807, 2.05) is 0 Å². The maximum Gasteiger partial charge on any atom is -0.00199 e. The van der Waals surface area contributed by atoms with Crippen LogP contribution in [0.3, 0.4) is 0 Å². The lowest BCUT2D eigenvalue weighted by atomic mass is 9.39. The molecule has 5 rings (SSSR count). The van der Waals surface area contributed by atoms with Crippen LogP contribution in [0, 0.1) is 16.7 Å². The number of rotatable bonds is 2. The van der Waals surface area contributed by atoms with E-state index in [2.05, 4.69) is 37.3 Å². The molecule has 2 N–H and O–H groups in total. The van der Waals surface area contributed by atoms with Crippen LogP contribution in [0.1, 0.15) is 51.0 Å². The van der Waals surface area contributed by atoms with Gasteiger partial charge in [-0.1, -0.05) is 37.3 Å². The number of benzene rings is 1. The molecule has 102 valence electrons. The maximum atomic E-state index is 6.22. The van der Waals surface area contributed by atoms with Crippen molar-refractivity contribution in [2.75, 3.05) is 6.54 Å². The number of hydrogen-bond acceptors (Lipinski definition) is 1. The van der Waals surface area contributed by atoms with E-state index in [0.717, 1.165) is 12.5 Å². The summed E-state index contributed by atoms with van der Waals surface area (Å²) >= 11 is 0. The van der Waals surface area contributed by atoms with E-state index in [-0.39, 0.29) is 0 Å². The molecule has 4 atom stereocenters. The second-order valence-electron chi connectivity index (χ2n) is 8.17. The Morgan fingerprint density at radius 3 is 2.53 bits per heavy atom. The van der Waals surface area contributed by atoms with Crippen molar-refractivity contribution in [3.05, 3.63) is 35.9 Å². The van der Waals surface area contributed by atoms with Crippen LogP contribution in [0.15, 0.2) is 30.3 Å². The van der Waals surface area contributed by atoms with Crippen LogP contribution >= 0.6 is 0 Å². The summed E-state index contributed by atoms with van der Waals surface area (Å²) in [5.41, 5.74) is 9.25. The van der Waals surface area contributed by atoms with Crippen molar-refractivity contribution in [3.63, 3.8) is 0 Å². The molecule has 1 aromatic carbocycles. The predicted octanol–water partition coefficient (Wildman–Crippen LogP) is 3.87. The van der Waals surface area contributed by atoms with Crippen LogP contribution in [0.2, 0.25) is 0 Å². The van der Waals surface area contributed by atoms with Crippen molar-refractivity contribution < 1.29 is 0 Å². The highest BCUT2D eigenvalue weighted by molar-refractivity contribution is 5.31. The Labute approximate surface area is 116 Å². The van der Waals surface area contributed by atoms with E-state index in [1.54, 1.807) is 5.56 Å². The zero-order chi connectivity index (χ0) is 13.1. The summed E-state index contributed by atoms with van der Waals surface area (Å²) in [6, 6.07) is 11.3. The highest BCUT2D eigenvalue weighted by atomic mass is 14.7. The van der Waals surface area contributed by atoms with Crippen molar-refractivity contribution >= 4 is 0 Å². The maximum absolute atomic E-state index is 6.22. The zero-order valence-corrected chi connectivity index (χ0v) is 12.0. The fraction of sp³-hybridized carbons (Fsp3) is 0.667. The van der Waals surface area contributed by atoms with Gasteiger partial charge in [-0.15, -0.1) is 0 Å². The predicted molar refractivity (Wildman–Crippen MR) is 78.9 cm³/mol. The van der Waals surface area contributed by atoms with Crippen LogP contribution in [0.4, 0.5) is 0 Å². The van der Waals surface area contributed by atoms with E-state index >= 15 is 0 Å². The lowest BCUT2D eigenvalue weighted by molar-refractivity contribution is -0.114. The van der Waals surface area contributed by atoms with E-state index in [1.165, 1.54) is 38.5 Å². The minimum absolute atomic E-state index is 0.439. The van der Waals surface area contributed by atoms with Crippen LogP contribution in [-0.4, -0.2) is 6.54 Å². The van der Waals surface area contributed by atoms with Gasteiger partial charge in [-0.2, -0.15) is 0 Å². The molecule has 0 spiro atoms. The van der Waals surface area contributed by atoms with Crippen molar-refractivity contribution in [1.82, 2.24) is 0 Å². The Bertz CT molecular complexity index is 496. The molecule has 19 heavy (non-hydrogen) atoms. The molecule has 1 heteroatoms. The SMILES string of the molecule is CC12CC3CC(CN)(C1)CC(c1ccccc1)(C3)C2. The fourth-order valence-electron chi connectivity index (χ4n) is 6.48. The van der Waals surface area contributed by atoms with E-state index in [0.29, 0.717) is 16.2 Å². The van der Waals surface area contributed by atoms with Crippen molar-refractivity contribution in [3.8, 4) is 0 Å². The molecule has 4 unspecified atom stereocenters. The van der Waals surface area contributed by atoms with Crippen LogP contribution in [0.25, 0.3) is 0 Å². The first-order valence-electron chi connectivity index (χ1n) is 7.83. The highest BCUT2D eigenvalue weighted by Gasteiger charge is 2.61. The topological polar surface area (TPSA) is 26.0 Å². The Hall–Kier alpha value is -0.820. The Morgan fingerprint density at radius 2 is 1.84 bits per heavy atom. The minimum atomic E-state index is 0.439. The Morgan fingerprint density at radius 1 is 1.05 bits per heavy atom. The third-order valence-corrected chi connectivity index (χ3v) is 6.28. The van der Waals surface area contributed by atoms with E-state index in [4.69, 9.17) is 5.73 Å². The first kappa shape index (κ1) is 12.0. The molecule has 4 fully saturated rings. The normalized spacial score (nSPS) is 47.6. The van der Waals surface area contributed by atoms with Crippen molar-refractivity contribution in [2.45, 2.75) is 50.9 Å². The molecule has 1 aromatic rings. The van der Waals surface area contributed by atoms with Crippen LogP contribution in [0.5, 0.6) is 0 Å². The first-order chi connectivity index (χ1) is 9.07. The fourth-order valence-corrected chi connectivity index (χ4v) is 6.48. The van der Waals surface area contributed by atoms with E-state index in [9.17, 15) is 0 Å². The summed E-state index contributed by atoms with van der Waals surface area (Å²) in [6.45, 7) is 3.42. The monoisotopic (exact) mass is 255 g/mol. The van der Waals surface area contributed by atoms with E-state index < -0.39 is 0 Å². The lowest BCUT2D eigenvalue weighted by Gasteiger charge is -2.66. The van der Waals surface area contributed by atoms with Gasteiger partial charge in [0.05, 0.1) is 0 Å². The minimum Gasteiger partial charge on any atom is -0.330 e. The summed E-state index contributed by atoms with van der Waals surface area (Å²) in [6.07, 6.45) is 8.36. The quantitative estimate of drug-likeness (QED) is 0.853. The largest absolute Gasteiger partial charge is 0.330 e. The van der Waals surface area contributed by atoms with Crippen molar-refractivity contribution in [1.29, 1.82) is 0 Å². The van der Waals surface area contributed by atoms with Gasteiger partial charge >= 0.3 is 0 Å². The standard InChI is InChI=1S/C18H25N/c1-16-7-14-8-17(10-16,13-19)12-18(9-14,11-16)15-5-3-2-4-6-15/h2-6,14H,7-13,19H2,1H3. The second kappa shape index (κ2) is 3.63. The van der Waals surface area contributed by atoms with Gasteiger partial charge in [0.15, 0.2) is 0 Å². The molecule has 0 amide bonds. The van der Waals surface area contributed by atoms with Gasteiger partial charge < -0.3 is 5.73 Å². The summed E-state index contributed by atoms with van der Waals surface area (Å²) in [7, 11) is 0. The number of nitrogens with two attached hydrogens (primary N) is 1. The molecule has 4 aliphatic carbocycles. The summed E-state index contributed by atoms with van der Waals surface area (Å²) in [5.74, 6) is 0.921. The lowest BCUT2D eigenvalue weighted by Crippen LogP contribution is -2.59. The summed E-state index contributed by atoms with van der Waals surface area (Å²) < 4.78 is 0. The molecule has 0 aliphatic heterocycles. The Kier molecular flexibility index (Phi) is 2.29. The van der Waals surface area contributed by atoms with Crippen molar-refractivity contribution in [2.24, 2.45) is 22.5 Å². The third kappa shape index (κ3) is 1.64. The second-order valence-corrected chi connectivity index (χ2v) is 8.17. The van der Waals surface area contributed by atoms with Gasteiger partial charge in [-0.3, -0.25) is 0 Å². The molecular formula is C18H25N. The first-order valence-corrected chi connectivity index (χ1v) is 7.83. The average Bonchev–Trinajstić information content (AvgIpc) is 2.37. The van der Waals surface area contributed by atoms with Gasteiger partial charge in [-0.25, -0.2) is 0 Å². The van der Waals surface area contributed by atoms with Gasteiger partial charge in [0.25, 0.3) is 0 Å². The smallest absolute Gasteiger partial charge is 0.00199 e. The molecule has 4 aliphatic rings. The zero-order valence-electron chi connectivity index (χ0n) is 12.0. The molecule has 0 aromatic heterocycles. The third-order valence-electron chi connectivity index (χ3n) is 6.28. The summed E-state index contributed by atoms with van der Waals surface area (Å²) in [4.78, 5) is 0. The van der Waals surface area contributed by atoms with Gasteiger partial charge in [0.2, 0.25) is 0 Å². The van der Waals surface area contributed by atoms with Gasteiger partial charge in [0.1, 0.15) is 0 Å². The molecule has 1 nitrogen and oxygen atoms in total. The molecule has 0 radical (unpaired) electrons. The molecule has 0 saturated heterocycles. The average molecular weight is 255 g/mol. The summed E-state index contributed by atoms with van der Waals surface area (Å²) in [5, 5.41) is 0. The van der Waals surface area contributed by atoms with Crippen LogP contribution < -0.4 is 5.73 Å². The van der Waals surface area contributed by atoms with Gasteiger partial charge in [0, 0.05) is 0 Å². The van der Waals surface area contributed by atoms with Crippen LogP contribution in [-0.2, 0) is 5.41 Å². The van der Waals surface area contributed by atoms with Gasteiger partial charge in [-0.05, 0) is 72.8 Å². The molecular weight excluding hydrogens is 230 g/mol. The highest BCUT2D eigenvalue weighted by Crippen LogP contribution is 2.69. The Balaban J connectivity index is 1.82. The molecule has 0 heterocycles.